The van der Waals surface area contributed by atoms with E-state index in [1.54, 1.807) is 31.2 Å². The van der Waals surface area contributed by atoms with Crippen LogP contribution in [0.4, 0.5) is 5.82 Å². The van der Waals surface area contributed by atoms with E-state index in [-0.39, 0.29) is 12.4 Å². The molecular weight excluding hydrogens is 381 g/mol. The molecule has 0 aliphatic carbocycles. The standard InChI is InChI=1S/C16H17ClN3O5P/c1-16(17)9-12(10-23-26(22)25-11-5-3-2-4-6-11)24-14(16)20-8-7-13(18)19-15(20)21/h2-8,12,14H,9-10H2,1H3,(H-,18,19,21)/p+1/t12-,14+,16+/m0/s1. The average Bonchev–Trinajstić information content (AvgIpc) is 2.88. The van der Waals surface area contributed by atoms with Crippen molar-refractivity contribution in [1.82, 2.24) is 9.55 Å². The van der Waals surface area contributed by atoms with E-state index in [0.29, 0.717) is 12.2 Å². The Morgan fingerprint density at radius 2 is 2.15 bits per heavy atom. The number of aromatic nitrogens is 2. The maximum Gasteiger partial charge on any atom is 0.750 e. The molecule has 3 rings (SSSR count). The molecule has 0 radical (unpaired) electrons. The Kier molecular flexibility index (Phi) is 5.58. The Balaban J connectivity index is 1.61. The van der Waals surface area contributed by atoms with Crippen LogP contribution in [0.2, 0.25) is 0 Å². The van der Waals surface area contributed by atoms with E-state index in [9.17, 15) is 9.36 Å². The number of para-hydroxylation sites is 1. The molecule has 1 saturated heterocycles. The van der Waals surface area contributed by atoms with Gasteiger partial charge < -0.3 is 10.5 Å². The van der Waals surface area contributed by atoms with Crippen LogP contribution in [0.15, 0.2) is 47.4 Å². The van der Waals surface area contributed by atoms with Crippen LogP contribution >= 0.6 is 19.9 Å². The van der Waals surface area contributed by atoms with Crippen LogP contribution in [-0.4, -0.2) is 27.1 Å². The lowest BCUT2D eigenvalue weighted by atomic mass is 10.1. The molecule has 0 spiro atoms. The van der Waals surface area contributed by atoms with E-state index in [1.165, 1.54) is 16.8 Å². The topological polar surface area (TPSA) is 106 Å². The maximum absolute atomic E-state index is 12.0. The predicted octanol–water partition coefficient (Wildman–Crippen LogP) is 2.86. The molecule has 0 bridgehead atoms. The van der Waals surface area contributed by atoms with E-state index in [1.807, 2.05) is 6.07 Å². The summed E-state index contributed by atoms with van der Waals surface area (Å²) in [5.74, 6) is 0.566. The van der Waals surface area contributed by atoms with Crippen LogP contribution in [0.25, 0.3) is 0 Å². The summed E-state index contributed by atoms with van der Waals surface area (Å²) >= 11 is 6.52. The van der Waals surface area contributed by atoms with Crippen molar-refractivity contribution < 1.29 is 18.3 Å². The fraction of sp³-hybridized carbons (Fsp3) is 0.375. The zero-order chi connectivity index (χ0) is 18.7. The Morgan fingerprint density at radius 1 is 1.42 bits per heavy atom. The van der Waals surface area contributed by atoms with E-state index >= 15 is 0 Å². The SMILES string of the molecule is C[C@@]1(Cl)C[C@@H](CO[P+](=O)Oc2ccccc2)O[C@H]1n1ccc(N)nc1=O. The zero-order valence-electron chi connectivity index (χ0n) is 13.9. The van der Waals surface area contributed by atoms with Crippen LogP contribution in [-0.2, 0) is 13.8 Å². The summed E-state index contributed by atoms with van der Waals surface area (Å²) in [5, 5.41) is 0. The van der Waals surface area contributed by atoms with E-state index in [2.05, 4.69) is 4.98 Å². The second-order valence-electron chi connectivity index (χ2n) is 6.06. The van der Waals surface area contributed by atoms with Gasteiger partial charge in [0.25, 0.3) is 0 Å². The van der Waals surface area contributed by atoms with Crippen molar-refractivity contribution in [2.45, 2.75) is 30.6 Å². The molecule has 0 amide bonds. The van der Waals surface area contributed by atoms with Gasteiger partial charge >= 0.3 is 13.9 Å². The first kappa shape index (κ1) is 18.8. The quantitative estimate of drug-likeness (QED) is 0.589. The number of anilines is 1. The monoisotopic (exact) mass is 398 g/mol. The highest BCUT2D eigenvalue weighted by Crippen LogP contribution is 2.43. The smallest absolute Gasteiger partial charge is 0.383 e. The molecule has 2 N–H and O–H groups in total. The maximum atomic E-state index is 12.0. The number of rotatable bonds is 6. The highest BCUT2D eigenvalue weighted by Gasteiger charge is 2.46. The lowest BCUT2D eigenvalue weighted by Gasteiger charge is -2.24. The molecule has 1 aliphatic heterocycles. The van der Waals surface area contributed by atoms with Gasteiger partial charge in [0.05, 0.1) is 11.0 Å². The Morgan fingerprint density at radius 3 is 2.85 bits per heavy atom. The van der Waals surface area contributed by atoms with E-state index < -0.39 is 31.2 Å². The van der Waals surface area contributed by atoms with Crippen molar-refractivity contribution in [3.05, 3.63) is 53.1 Å². The van der Waals surface area contributed by atoms with Crippen molar-refractivity contribution in [1.29, 1.82) is 0 Å². The highest BCUT2D eigenvalue weighted by atomic mass is 35.5. The molecule has 1 aromatic carbocycles. The number of nitrogen functional groups attached to an aromatic ring is 1. The summed E-state index contributed by atoms with van der Waals surface area (Å²) in [6.45, 7) is 1.76. The average molecular weight is 399 g/mol. The molecule has 2 heterocycles. The largest absolute Gasteiger partial charge is 0.750 e. The van der Waals surface area contributed by atoms with Crippen LogP contribution < -0.4 is 15.9 Å². The highest BCUT2D eigenvalue weighted by molar-refractivity contribution is 7.33. The van der Waals surface area contributed by atoms with Crippen molar-refractivity contribution in [3.63, 3.8) is 0 Å². The first-order valence-corrected chi connectivity index (χ1v) is 9.35. The molecular formula is C16H18ClN3O5P+. The van der Waals surface area contributed by atoms with Gasteiger partial charge in [-0.05, 0) is 31.5 Å². The van der Waals surface area contributed by atoms with Gasteiger partial charge in [0.2, 0.25) is 0 Å². The van der Waals surface area contributed by atoms with Gasteiger partial charge in [-0.3, -0.25) is 4.57 Å². The fourth-order valence-electron chi connectivity index (χ4n) is 2.71. The van der Waals surface area contributed by atoms with Crippen molar-refractivity contribution in [2.24, 2.45) is 0 Å². The summed E-state index contributed by atoms with van der Waals surface area (Å²) in [4.78, 5) is 14.8. The molecule has 1 fully saturated rings. The number of halogens is 1. The van der Waals surface area contributed by atoms with Gasteiger partial charge in [0, 0.05) is 10.8 Å². The number of nitrogens with two attached hydrogens (primary N) is 1. The minimum Gasteiger partial charge on any atom is -0.383 e. The normalized spacial score (nSPS) is 25.8. The Bertz CT molecular complexity index is 845. The van der Waals surface area contributed by atoms with Gasteiger partial charge in [-0.25, -0.2) is 9.32 Å². The first-order chi connectivity index (χ1) is 12.3. The molecule has 10 heteroatoms. The minimum absolute atomic E-state index is 0.0119. The molecule has 2 aromatic rings. The Labute approximate surface area is 155 Å². The molecule has 4 atom stereocenters. The molecule has 0 saturated carbocycles. The molecule has 138 valence electrons. The lowest BCUT2D eigenvalue weighted by Crippen LogP contribution is -2.35. The number of hydrogen-bond donors (Lipinski definition) is 1. The second kappa shape index (κ2) is 7.72. The van der Waals surface area contributed by atoms with Gasteiger partial charge in [0.1, 0.15) is 12.4 Å². The number of ether oxygens (including phenoxy) is 1. The Hall–Kier alpha value is -1.99. The van der Waals surface area contributed by atoms with Crippen LogP contribution in [0.5, 0.6) is 5.75 Å². The third kappa shape index (κ3) is 4.40. The number of alkyl halides is 1. The molecule has 8 nitrogen and oxygen atoms in total. The zero-order valence-corrected chi connectivity index (χ0v) is 15.6. The first-order valence-electron chi connectivity index (χ1n) is 7.87. The molecule has 1 aromatic heterocycles. The van der Waals surface area contributed by atoms with Crippen LogP contribution in [0.1, 0.15) is 19.6 Å². The van der Waals surface area contributed by atoms with Gasteiger partial charge in [-0.15, -0.1) is 16.1 Å². The van der Waals surface area contributed by atoms with Gasteiger partial charge in [-0.2, -0.15) is 4.98 Å². The summed E-state index contributed by atoms with van der Waals surface area (Å²) in [5.41, 5.74) is 4.95. The number of benzene rings is 1. The summed E-state index contributed by atoms with van der Waals surface area (Å²) < 4.78 is 29.4. The van der Waals surface area contributed by atoms with Crippen molar-refractivity contribution in [3.8, 4) is 5.75 Å². The van der Waals surface area contributed by atoms with E-state index in [4.69, 9.17) is 31.1 Å². The fourth-order valence-corrected chi connectivity index (χ4v) is 3.68. The second-order valence-corrected chi connectivity index (χ2v) is 7.81. The number of nitrogens with zero attached hydrogens (tertiary/aromatic N) is 2. The minimum atomic E-state index is -2.35. The number of hydrogen-bond acceptors (Lipinski definition) is 7. The van der Waals surface area contributed by atoms with Crippen LogP contribution in [0.3, 0.4) is 0 Å². The van der Waals surface area contributed by atoms with E-state index in [0.717, 1.165) is 0 Å². The predicted molar refractivity (Wildman–Crippen MR) is 96.3 cm³/mol. The third-order valence-electron chi connectivity index (χ3n) is 3.86. The summed E-state index contributed by atoms with van der Waals surface area (Å²) in [6, 6.07) is 10.2. The van der Waals surface area contributed by atoms with Gasteiger partial charge in [-0.1, -0.05) is 18.2 Å². The van der Waals surface area contributed by atoms with Gasteiger partial charge in [0.15, 0.2) is 12.0 Å². The molecule has 1 unspecified atom stereocenters. The summed E-state index contributed by atoms with van der Waals surface area (Å²) in [7, 11) is -2.35. The molecule has 1 aliphatic rings. The summed E-state index contributed by atoms with van der Waals surface area (Å²) in [6.07, 6.45) is 0.680. The van der Waals surface area contributed by atoms with Crippen molar-refractivity contribution >= 4 is 25.7 Å². The lowest BCUT2D eigenvalue weighted by molar-refractivity contribution is -0.0262. The van der Waals surface area contributed by atoms with Crippen molar-refractivity contribution in [2.75, 3.05) is 12.3 Å². The molecule has 26 heavy (non-hydrogen) atoms. The van der Waals surface area contributed by atoms with Crippen LogP contribution in [0, 0.1) is 0 Å². The third-order valence-corrected chi connectivity index (χ3v) is 4.92.